The predicted molar refractivity (Wildman–Crippen MR) is 41.6 cm³/mol. The van der Waals surface area contributed by atoms with Gasteiger partial charge in [-0.15, -0.1) is 0 Å². The van der Waals surface area contributed by atoms with Crippen LogP contribution < -0.4 is 0 Å². The second kappa shape index (κ2) is 2.91. The molecule has 1 heteroatoms. The molecule has 1 saturated heterocycles. The summed E-state index contributed by atoms with van der Waals surface area (Å²) in [6, 6.07) is 0.846. The predicted octanol–water partition coefficient (Wildman–Crippen LogP) is 2.16. The van der Waals surface area contributed by atoms with Crippen LogP contribution in [0.2, 0.25) is 0 Å². The first-order valence-electron chi connectivity index (χ1n) is 4.26. The van der Waals surface area contributed by atoms with Crippen LogP contribution in [0.25, 0.3) is 0 Å². The van der Waals surface area contributed by atoms with Crippen LogP contribution in [0.4, 0.5) is 0 Å². The average Bonchev–Trinajstić information content (AvgIpc) is 1.86. The molecule has 0 aromatic carbocycles. The summed E-state index contributed by atoms with van der Waals surface area (Å²) in [7, 11) is 0. The van der Waals surface area contributed by atoms with E-state index in [-0.39, 0.29) is 0 Å². The highest BCUT2D eigenvalue weighted by Crippen LogP contribution is 2.29. The SMILES string of the molecule is [CH]1[CH]N(C2CCCCC2)[CH]1. The summed E-state index contributed by atoms with van der Waals surface area (Å²) in [6.07, 6.45) is 9.25. The number of likely N-dealkylation sites (tertiary alicyclic amines) is 1. The monoisotopic (exact) mass is 136 g/mol. The lowest BCUT2D eigenvalue weighted by molar-refractivity contribution is 0.209. The highest BCUT2D eigenvalue weighted by Gasteiger charge is 2.25. The van der Waals surface area contributed by atoms with Gasteiger partial charge in [0.2, 0.25) is 0 Å². The van der Waals surface area contributed by atoms with E-state index in [1.165, 1.54) is 32.1 Å². The molecular weight excluding hydrogens is 122 g/mol. The molecule has 1 heterocycles. The van der Waals surface area contributed by atoms with Crippen LogP contribution in [-0.2, 0) is 0 Å². The molecule has 2 rings (SSSR count). The van der Waals surface area contributed by atoms with E-state index >= 15 is 0 Å². The molecule has 1 aliphatic heterocycles. The standard InChI is InChI=1S/C9H14N/c1-2-5-9(6-3-1)10-7-4-8-10/h4,7-9H,1-3,5-6H2. The molecule has 55 valence electrons. The van der Waals surface area contributed by atoms with Crippen LogP contribution in [0.5, 0.6) is 0 Å². The number of hydrogen-bond acceptors (Lipinski definition) is 1. The van der Waals surface area contributed by atoms with Gasteiger partial charge in [0.05, 0.1) is 0 Å². The Morgan fingerprint density at radius 1 is 1.00 bits per heavy atom. The Bertz CT molecular complexity index is 101. The molecule has 0 unspecified atom stereocenters. The Balaban J connectivity index is 1.78. The molecule has 1 nitrogen and oxygen atoms in total. The fraction of sp³-hybridized carbons (Fsp3) is 0.667. The van der Waals surface area contributed by atoms with Crippen molar-refractivity contribution in [1.82, 2.24) is 4.90 Å². The van der Waals surface area contributed by atoms with Crippen molar-refractivity contribution in [3.05, 3.63) is 19.5 Å². The number of nitrogens with zero attached hydrogens (tertiary/aromatic N) is 1. The van der Waals surface area contributed by atoms with Gasteiger partial charge in [0.15, 0.2) is 0 Å². The summed E-state index contributed by atoms with van der Waals surface area (Å²) in [5, 5.41) is 0. The minimum atomic E-state index is 0.846. The van der Waals surface area contributed by atoms with Crippen molar-refractivity contribution in [2.75, 3.05) is 0 Å². The minimum absolute atomic E-state index is 0.846. The van der Waals surface area contributed by atoms with Crippen molar-refractivity contribution in [1.29, 1.82) is 0 Å². The van der Waals surface area contributed by atoms with Crippen LogP contribution >= 0.6 is 0 Å². The van der Waals surface area contributed by atoms with Crippen LogP contribution in [0.1, 0.15) is 32.1 Å². The lowest BCUT2D eigenvalue weighted by Crippen LogP contribution is -2.39. The Labute approximate surface area is 63.4 Å². The maximum atomic E-state index is 2.36. The van der Waals surface area contributed by atoms with Gasteiger partial charge in [0, 0.05) is 19.1 Å². The maximum Gasteiger partial charge on any atom is 0.0309 e. The normalized spacial score (nSPS) is 30.0. The quantitative estimate of drug-likeness (QED) is 0.534. The largest absolute Gasteiger partial charge is 0.291 e. The summed E-state index contributed by atoms with van der Waals surface area (Å²) in [4.78, 5) is 2.36. The van der Waals surface area contributed by atoms with Crippen molar-refractivity contribution in [3.63, 3.8) is 0 Å². The third-order valence-electron chi connectivity index (χ3n) is 2.51. The van der Waals surface area contributed by atoms with Gasteiger partial charge in [-0.3, -0.25) is 4.90 Å². The molecule has 2 aliphatic rings. The fourth-order valence-corrected chi connectivity index (χ4v) is 1.81. The second-order valence-electron chi connectivity index (χ2n) is 3.23. The molecule has 1 aliphatic carbocycles. The first kappa shape index (κ1) is 6.66. The molecule has 10 heavy (non-hydrogen) atoms. The second-order valence-corrected chi connectivity index (χ2v) is 3.23. The zero-order valence-corrected chi connectivity index (χ0v) is 6.29. The van der Waals surface area contributed by atoms with E-state index in [2.05, 4.69) is 24.4 Å². The van der Waals surface area contributed by atoms with Gasteiger partial charge in [-0.05, 0) is 19.3 Å². The smallest absolute Gasteiger partial charge is 0.0309 e. The van der Waals surface area contributed by atoms with Gasteiger partial charge < -0.3 is 0 Å². The molecule has 0 aromatic heterocycles. The molecule has 0 aromatic rings. The highest BCUT2D eigenvalue weighted by molar-refractivity contribution is 5.11. The first-order chi connectivity index (χ1) is 4.97. The fourth-order valence-electron chi connectivity index (χ4n) is 1.81. The summed E-state index contributed by atoms with van der Waals surface area (Å²) in [5.74, 6) is 0. The van der Waals surface area contributed by atoms with Crippen LogP contribution in [0.3, 0.4) is 0 Å². The highest BCUT2D eigenvalue weighted by atomic mass is 15.2. The van der Waals surface area contributed by atoms with Crippen molar-refractivity contribution in [2.45, 2.75) is 38.1 Å². The van der Waals surface area contributed by atoms with Crippen molar-refractivity contribution >= 4 is 0 Å². The summed E-state index contributed by atoms with van der Waals surface area (Å²) >= 11 is 0. The van der Waals surface area contributed by atoms with Gasteiger partial charge in [-0.1, -0.05) is 19.3 Å². The summed E-state index contributed by atoms with van der Waals surface area (Å²) in [5.41, 5.74) is 0. The van der Waals surface area contributed by atoms with Crippen LogP contribution in [-0.4, -0.2) is 10.9 Å². The van der Waals surface area contributed by atoms with Crippen molar-refractivity contribution in [2.24, 2.45) is 0 Å². The number of hydrogen-bond donors (Lipinski definition) is 0. The van der Waals surface area contributed by atoms with Gasteiger partial charge >= 0.3 is 0 Å². The molecule has 2 fully saturated rings. The molecular formula is C9H14N. The zero-order valence-electron chi connectivity index (χ0n) is 6.29. The van der Waals surface area contributed by atoms with E-state index in [0.717, 1.165) is 6.04 Å². The van der Waals surface area contributed by atoms with Gasteiger partial charge in [0.1, 0.15) is 0 Å². The van der Waals surface area contributed by atoms with Crippen molar-refractivity contribution in [3.8, 4) is 0 Å². The summed E-state index contributed by atoms with van der Waals surface area (Å²) < 4.78 is 0. The van der Waals surface area contributed by atoms with Gasteiger partial charge in [-0.2, -0.15) is 0 Å². The van der Waals surface area contributed by atoms with E-state index in [1.807, 2.05) is 0 Å². The molecule has 0 N–H and O–H groups in total. The molecule has 3 radical (unpaired) electrons. The third kappa shape index (κ3) is 1.20. The van der Waals surface area contributed by atoms with Crippen molar-refractivity contribution < 1.29 is 0 Å². The van der Waals surface area contributed by atoms with E-state index < -0.39 is 0 Å². The zero-order chi connectivity index (χ0) is 6.81. The first-order valence-corrected chi connectivity index (χ1v) is 4.26. The summed E-state index contributed by atoms with van der Waals surface area (Å²) in [6.45, 7) is 4.38. The topological polar surface area (TPSA) is 3.24 Å². The van der Waals surface area contributed by atoms with E-state index in [4.69, 9.17) is 0 Å². The molecule has 1 saturated carbocycles. The van der Waals surface area contributed by atoms with Gasteiger partial charge in [0.25, 0.3) is 0 Å². The Hall–Kier alpha value is -0.0400. The van der Waals surface area contributed by atoms with Crippen LogP contribution in [0.15, 0.2) is 0 Å². The van der Waals surface area contributed by atoms with E-state index in [9.17, 15) is 0 Å². The Kier molecular flexibility index (Phi) is 1.94. The third-order valence-corrected chi connectivity index (χ3v) is 2.51. The average molecular weight is 136 g/mol. The lowest BCUT2D eigenvalue weighted by atomic mass is 9.92. The van der Waals surface area contributed by atoms with Gasteiger partial charge in [-0.25, -0.2) is 0 Å². The Morgan fingerprint density at radius 2 is 1.70 bits per heavy atom. The minimum Gasteiger partial charge on any atom is -0.291 e. The van der Waals surface area contributed by atoms with Crippen LogP contribution in [0, 0.1) is 19.5 Å². The Morgan fingerprint density at radius 3 is 2.20 bits per heavy atom. The molecule has 0 spiro atoms. The molecule has 0 atom stereocenters. The molecule has 0 amide bonds. The van der Waals surface area contributed by atoms with E-state index in [0.29, 0.717) is 0 Å². The molecule has 0 bridgehead atoms. The maximum absolute atomic E-state index is 2.36. The number of rotatable bonds is 1. The lowest BCUT2D eigenvalue weighted by Gasteiger charge is -2.39. The van der Waals surface area contributed by atoms with E-state index in [1.54, 1.807) is 0 Å².